The van der Waals surface area contributed by atoms with Gasteiger partial charge in [-0.15, -0.1) is 11.3 Å². The predicted molar refractivity (Wildman–Crippen MR) is 131 cm³/mol. The number of ether oxygens (including phenoxy) is 2. The molecule has 0 aliphatic carbocycles. The monoisotopic (exact) mass is 480 g/mol. The lowest BCUT2D eigenvalue weighted by molar-refractivity contribution is -0.130. The van der Waals surface area contributed by atoms with Crippen LogP contribution in [0.5, 0.6) is 11.5 Å². The summed E-state index contributed by atoms with van der Waals surface area (Å²) in [6, 6.07) is 12.1. The van der Waals surface area contributed by atoms with E-state index >= 15 is 0 Å². The molecule has 1 fully saturated rings. The number of anilines is 1. The van der Waals surface area contributed by atoms with Crippen LogP contribution < -0.4 is 14.4 Å². The van der Waals surface area contributed by atoms with E-state index in [9.17, 15) is 9.18 Å². The molecule has 176 valence electrons. The highest BCUT2D eigenvalue weighted by molar-refractivity contribution is 7.15. The lowest BCUT2D eigenvalue weighted by Gasteiger charge is -2.36. The van der Waals surface area contributed by atoms with Gasteiger partial charge in [0.2, 0.25) is 5.91 Å². The molecule has 0 radical (unpaired) electrons. The molecule has 1 amide bonds. The van der Waals surface area contributed by atoms with Crippen molar-refractivity contribution in [2.24, 2.45) is 0 Å². The molecule has 3 heterocycles. The van der Waals surface area contributed by atoms with Crippen LogP contribution in [0.15, 0.2) is 54.0 Å². The molecule has 1 saturated heterocycles. The second-order valence-electron chi connectivity index (χ2n) is 8.09. The molecule has 0 unspecified atom stereocenters. The molecule has 4 aromatic rings. The van der Waals surface area contributed by atoms with Crippen LogP contribution >= 0.6 is 11.3 Å². The number of rotatable bonds is 6. The van der Waals surface area contributed by atoms with E-state index in [1.54, 1.807) is 26.4 Å². The number of halogens is 1. The summed E-state index contributed by atoms with van der Waals surface area (Å²) in [5.41, 5.74) is 3.50. The smallest absolute Gasteiger partial charge is 0.228 e. The minimum atomic E-state index is -0.243. The number of fused-ring (bicyclic) bond motifs is 1. The van der Waals surface area contributed by atoms with Crippen molar-refractivity contribution in [3.63, 3.8) is 0 Å². The molecule has 0 N–H and O–H groups in total. The molecule has 0 saturated carbocycles. The van der Waals surface area contributed by atoms with E-state index in [0.29, 0.717) is 25.3 Å². The number of carbonyl (C=O) groups excluding carboxylic acids is 1. The summed E-state index contributed by atoms with van der Waals surface area (Å²) >= 11 is 1.51. The van der Waals surface area contributed by atoms with Crippen LogP contribution in [0, 0.1) is 5.82 Å². The Bertz CT molecular complexity index is 1310. The van der Waals surface area contributed by atoms with E-state index in [-0.39, 0.29) is 11.7 Å². The molecular weight excluding hydrogens is 455 g/mol. The van der Waals surface area contributed by atoms with Gasteiger partial charge in [-0.2, -0.15) is 0 Å². The van der Waals surface area contributed by atoms with E-state index in [1.165, 1.54) is 23.5 Å². The van der Waals surface area contributed by atoms with Crippen LogP contribution in [0.2, 0.25) is 0 Å². The molecule has 0 bridgehead atoms. The summed E-state index contributed by atoms with van der Waals surface area (Å²) in [6.07, 6.45) is 2.25. The van der Waals surface area contributed by atoms with Gasteiger partial charge in [0.15, 0.2) is 4.96 Å². The number of methoxy groups -OCH3 is 2. The molecule has 5 rings (SSSR count). The van der Waals surface area contributed by atoms with Gasteiger partial charge in [0.1, 0.15) is 17.3 Å². The van der Waals surface area contributed by atoms with Gasteiger partial charge < -0.3 is 19.3 Å². The molecule has 0 spiro atoms. The van der Waals surface area contributed by atoms with Crippen molar-refractivity contribution in [2.75, 3.05) is 45.3 Å². The highest BCUT2D eigenvalue weighted by Gasteiger charge is 2.23. The Morgan fingerprint density at radius 2 is 1.82 bits per heavy atom. The topological polar surface area (TPSA) is 59.3 Å². The first-order chi connectivity index (χ1) is 16.6. The zero-order valence-corrected chi connectivity index (χ0v) is 19.8. The molecule has 1 aliphatic rings. The van der Waals surface area contributed by atoms with E-state index in [4.69, 9.17) is 14.5 Å². The van der Waals surface area contributed by atoms with Crippen LogP contribution in [0.4, 0.5) is 10.1 Å². The number of imidazole rings is 1. The lowest BCUT2D eigenvalue weighted by Crippen LogP contribution is -2.49. The van der Waals surface area contributed by atoms with Crippen LogP contribution in [0.3, 0.4) is 0 Å². The third kappa shape index (κ3) is 4.31. The van der Waals surface area contributed by atoms with Crippen molar-refractivity contribution in [2.45, 2.75) is 6.42 Å². The zero-order chi connectivity index (χ0) is 23.7. The molecule has 34 heavy (non-hydrogen) atoms. The van der Waals surface area contributed by atoms with Crippen LogP contribution in [0.1, 0.15) is 5.69 Å². The number of hydrogen-bond donors (Lipinski definition) is 0. The summed E-state index contributed by atoms with van der Waals surface area (Å²) in [7, 11) is 3.25. The molecule has 2 aromatic carbocycles. The first-order valence-electron chi connectivity index (χ1n) is 11.0. The Kier molecular flexibility index (Phi) is 6.10. The number of aromatic nitrogens is 2. The van der Waals surface area contributed by atoms with Gasteiger partial charge in [-0.3, -0.25) is 9.20 Å². The molecular formula is C25H25FN4O3S. The fraction of sp³-hybridized carbons (Fsp3) is 0.280. The summed E-state index contributed by atoms with van der Waals surface area (Å²) in [5.74, 6) is 1.28. The first-order valence-corrected chi connectivity index (χ1v) is 11.9. The van der Waals surface area contributed by atoms with E-state index in [1.807, 2.05) is 39.1 Å². The van der Waals surface area contributed by atoms with Crippen molar-refractivity contribution in [3.05, 3.63) is 65.6 Å². The number of piperazine rings is 1. The summed E-state index contributed by atoms with van der Waals surface area (Å²) in [4.78, 5) is 22.7. The van der Waals surface area contributed by atoms with Crippen LogP contribution in [-0.2, 0) is 11.2 Å². The van der Waals surface area contributed by atoms with Gasteiger partial charge in [-0.05, 0) is 42.5 Å². The number of benzene rings is 2. The maximum atomic E-state index is 13.2. The maximum absolute atomic E-state index is 13.2. The number of thiazole rings is 1. The number of hydrogen-bond acceptors (Lipinski definition) is 6. The molecule has 7 nitrogen and oxygen atoms in total. The van der Waals surface area contributed by atoms with Crippen LogP contribution in [-0.4, -0.2) is 60.6 Å². The molecule has 2 aromatic heterocycles. The molecule has 9 heteroatoms. The second-order valence-corrected chi connectivity index (χ2v) is 8.93. The first kappa shape index (κ1) is 22.2. The Morgan fingerprint density at radius 3 is 2.53 bits per heavy atom. The van der Waals surface area contributed by atoms with E-state index in [2.05, 4.69) is 4.90 Å². The number of carbonyl (C=O) groups is 1. The van der Waals surface area contributed by atoms with Crippen molar-refractivity contribution < 1.29 is 18.7 Å². The lowest BCUT2D eigenvalue weighted by atomic mass is 10.1. The van der Waals surface area contributed by atoms with Gasteiger partial charge in [-0.25, -0.2) is 9.37 Å². The largest absolute Gasteiger partial charge is 0.497 e. The quantitative estimate of drug-likeness (QED) is 0.416. The second kappa shape index (κ2) is 9.34. The standard InChI is InChI=1S/C25H25FN4O3S/c1-32-20-7-8-23(33-2)21(14-20)22-15-30-19(16-34-25(30)27-22)13-24(31)29-11-9-28(10-12-29)18-5-3-17(26)4-6-18/h3-8,14-16H,9-13H2,1-2H3. The number of nitrogens with zero attached hydrogens (tertiary/aromatic N) is 4. The minimum absolute atomic E-state index is 0.0904. The van der Waals surface area contributed by atoms with Crippen molar-refractivity contribution in [3.8, 4) is 22.8 Å². The van der Waals surface area contributed by atoms with Crippen molar-refractivity contribution in [1.82, 2.24) is 14.3 Å². The highest BCUT2D eigenvalue weighted by Crippen LogP contribution is 2.34. The van der Waals surface area contributed by atoms with Gasteiger partial charge >= 0.3 is 0 Å². The maximum Gasteiger partial charge on any atom is 0.228 e. The Balaban J connectivity index is 1.29. The summed E-state index contributed by atoms with van der Waals surface area (Å²) in [6.45, 7) is 2.72. The van der Waals surface area contributed by atoms with Gasteiger partial charge in [-0.1, -0.05) is 0 Å². The van der Waals surface area contributed by atoms with Gasteiger partial charge in [0.25, 0.3) is 0 Å². The van der Waals surface area contributed by atoms with Crippen molar-refractivity contribution >= 4 is 27.9 Å². The average Bonchev–Trinajstić information content (AvgIpc) is 3.46. The average molecular weight is 481 g/mol. The van der Waals surface area contributed by atoms with E-state index in [0.717, 1.165) is 46.4 Å². The summed E-state index contributed by atoms with van der Waals surface area (Å²) in [5, 5.41) is 1.99. The fourth-order valence-electron chi connectivity index (χ4n) is 4.23. The molecule has 0 atom stereocenters. The summed E-state index contributed by atoms with van der Waals surface area (Å²) < 4.78 is 26.0. The minimum Gasteiger partial charge on any atom is -0.497 e. The third-order valence-corrected chi connectivity index (χ3v) is 7.01. The third-order valence-electron chi connectivity index (χ3n) is 6.12. The fourth-order valence-corrected chi connectivity index (χ4v) is 5.11. The Labute approximate surface area is 201 Å². The highest BCUT2D eigenvalue weighted by atomic mass is 32.1. The molecule has 1 aliphatic heterocycles. The van der Waals surface area contributed by atoms with Gasteiger partial charge in [0, 0.05) is 54.7 Å². The van der Waals surface area contributed by atoms with Gasteiger partial charge in [0.05, 0.1) is 26.3 Å². The SMILES string of the molecule is COc1ccc(OC)c(-c2cn3c(CC(=O)N4CCN(c5ccc(F)cc5)CC4)csc3n2)c1. The van der Waals surface area contributed by atoms with E-state index < -0.39 is 0 Å². The Morgan fingerprint density at radius 1 is 1.06 bits per heavy atom. The zero-order valence-electron chi connectivity index (χ0n) is 19.0. The van der Waals surface area contributed by atoms with Crippen molar-refractivity contribution in [1.29, 1.82) is 0 Å². The van der Waals surface area contributed by atoms with Crippen LogP contribution in [0.25, 0.3) is 16.2 Å². The number of amides is 1. The Hall–Kier alpha value is -3.59. The normalized spacial score (nSPS) is 14.0. The predicted octanol–water partition coefficient (Wildman–Crippen LogP) is 4.11.